The minimum Gasteiger partial charge on any atom is -0.773 e. The number of nitrogens with two attached hydrogens (primary N) is 1. The van der Waals surface area contributed by atoms with Crippen LogP contribution in [0, 0.1) is 0 Å². The number of aliphatic hydroxyl groups is 5. The van der Waals surface area contributed by atoms with Gasteiger partial charge in [0.25, 0.3) is 0 Å². The van der Waals surface area contributed by atoms with Crippen LogP contribution < -0.4 is 85.6 Å². The van der Waals surface area contributed by atoms with E-state index in [1.807, 2.05) is 0 Å². The van der Waals surface area contributed by atoms with Crippen LogP contribution in [0.4, 0.5) is 5.82 Å². The number of ether oxygens (including phenoxy) is 2. The molecule has 9 N–H and O–H groups in total. The van der Waals surface area contributed by atoms with Crippen molar-refractivity contribution in [1.29, 1.82) is 0 Å². The number of rotatable bonds is 11. The van der Waals surface area contributed by atoms with Crippen molar-refractivity contribution in [2.24, 2.45) is 0 Å². The van der Waals surface area contributed by atoms with E-state index >= 15 is 0 Å². The van der Waals surface area contributed by atoms with Crippen LogP contribution in [0.5, 0.6) is 0 Å². The van der Waals surface area contributed by atoms with Gasteiger partial charge >= 0.3 is 72.6 Å². The van der Waals surface area contributed by atoms with Crippen LogP contribution in [0.25, 0.3) is 0 Å². The van der Waals surface area contributed by atoms with E-state index in [1.54, 1.807) is 0 Å². The number of anilines is 1. The molecule has 236 valence electrons. The molecule has 3 heterocycles. The minimum atomic E-state index is -5.88. The fraction of sp³-hybridized carbons (Fsp3) is 0.550. The molecule has 4 unspecified atom stereocenters. The maximum Gasteiger partial charge on any atom is 1.00 e. The average molecular weight is 688 g/mol. The maximum absolute atomic E-state index is 12.5. The monoisotopic (exact) mass is 688 g/mol. The Bertz CT molecular complexity index is 1380. The van der Waals surface area contributed by atoms with Crippen molar-refractivity contribution in [3.63, 3.8) is 0 Å². The van der Waals surface area contributed by atoms with Gasteiger partial charge in [0.1, 0.15) is 36.3 Å². The molecule has 10 atom stereocenters. The molecule has 1 saturated heterocycles. The third-order valence-corrected chi connectivity index (χ3v) is 7.73. The van der Waals surface area contributed by atoms with Crippen molar-refractivity contribution in [1.82, 2.24) is 14.9 Å². The van der Waals surface area contributed by atoms with Crippen molar-refractivity contribution in [3.8, 4) is 0 Å². The summed E-state index contributed by atoms with van der Waals surface area (Å²) in [7, 11) is -11.7. The summed E-state index contributed by atoms with van der Waals surface area (Å²) in [6.45, 7) is -0.992. The minimum absolute atomic E-state index is 0. The normalized spacial score (nSPS) is 29.8. The molecular formula is C20H28N4Na2O16P2. The summed E-state index contributed by atoms with van der Waals surface area (Å²) < 4.78 is 44.9. The van der Waals surface area contributed by atoms with Crippen LogP contribution in [0.2, 0.25) is 0 Å². The SMILES string of the molecule is CC(=O)N[C@@H]1C=C/C(=C(\OP(=O)([O-])OC[C@H]2O[C@@H](n3ccc(N)nc3=O)[C@H](O)[C@@H]2O)P(=O)([O-])O)O[C@H]1C(O)C(O)CO.[Na+].[Na+]. The number of carbonyl (C=O) groups is 1. The molecule has 0 saturated carbocycles. The quantitative estimate of drug-likeness (QED) is 0.0608. The number of aromatic nitrogens is 2. The first-order chi connectivity index (χ1) is 19.4. The van der Waals surface area contributed by atoms with Crippen LogP contribution in [-0.2, 0) is 32.4 Å². The molecule has 2 aliphatic rings. The van der Waals surface area contributed by atoms with Gasteiger partial charge in [-0.2, -0.15) is 4.98 Å². The van der Waals surface area contributed by atoms with E-state index in [2.05, 4.69) is 19.3 Å². The van der Waals surface area contributed by atoms with Gasteiger partial charge in [0, 0.05) is 13.1 Å². The predicted octanol–water partition coefficient (Wildman–Crippen LogP) is -11.2. The van der Waals surface area contributed by atoms with E-state index in [9.17, 15) is 53.8 Å². The van der Waals surface area contributed by atoms with Gasteiger partial charge in [-0.15, -0.1) is 0 Å². The first kappa shape index (κ1) is 41.3. The van der Waals surface area contributed by atoms with Crippen molar-refractivity contribution in [2.75, 3.05) is 18.9 Å². The third-order valence-electron chi connectivity index (χ3n) is 5.89. The molecule has 1 aromatic heterocycles. The number of phosphoric acid groups is 1. The fourth-order valence-electron chi connectivity index (χ4n) is 3.90. The van der Waals surface area contributed by atoms with Crippen LogP contribution in [-0.4, -0.2) is 102 Å². The molecule has 0 radical (unpaired) electrons. The molecule has 0 spiro atoms. The van der Waals surface area contributed by atoms with E-state index in [1.165, 1.54) is 6.07 Å². The molecule has 20 nitrogen and oxygen atoms in total. The standard InChI is InChI=1S/C20H30N4O16P2.2Na/c1-8(26)22-9-2-3-11(38-17(9)14(28)10(27)6-25)19(41(32,33)34)40-42(35,36)37-7-12-15(29)16(30)18(39-12)24-5-4-13(21)23-20(24)31;;/h2-5,9-10,12,14-18,25,27-30H,6-7H2,1H3,(H,22,26)(H,35,36)(H2,21,23,31)(H2,32,33,34);;/q;2*+1/p-2/b19-11-;;/t9-,10?,12-,14?,15-,16-,17-,18-;;/m1../s1. The van der Waals surface area contributed by atoms with Crippen molar-refractivity contribution >= 4 is 27.1 Å². The van der Waals surface area contributed by atoms with Gasteiger partial charge in [-0.05, 0) is 12.1 Å². The Kier molecular flexibility index (Phi) is 15.9. The van der Waals surface area contributed by atoms with Crippen molar-refractivity contribution < 1.29 is 132 Å². The van der Waals surface area contributed by atoms with Gasteiger partial charge in [-0.1, -0.05) is 6.08 Å². The molecule has 0 aliphatic carbocycles. The number of allylic oxidation sites excluding steroid dienone is 1. The van der Waals surface area contributed by atoms with Crippen LogP contribution >= 0.6 is 15.4 Å². The number of nitrogens with zero attached hydrogens (tertiary/aromatic N) is 2. The number of hydrogen-bond donors (Lipinski definition) is 8. The van der Waals surface area contributed by atoms with Gasteiger partial charge in [-0.3, -0.25) is 13.9 Å². The Morgan fingerprint density at radius 2 is 1.89 bits per heavy atom. The van der Waals surface area contributed by atoms with Crippen LogP contribution in [0.1, 0.15) is 13.2 Å². The van der Waals surface area contributed by atoms with Gasteiger partial charge < -0.3 is 74.3 Å². The fourth-order valence-corrected chi connectivity index (χ4v) is 5.71. The number of carbonyl (C=O) groups excluding carboxylic acids is 1. The van der Waals surface area contributed by atoms with E-state index < -0.39 is 100 Å². The molecule has 3 rings (SSSR count). The summed E-state index contributed by atoms with van der Waals surface area (Å²) in [5.41, 5.74) is 2.71. The topological polar surface area (TPSA) is 329 Å². The summed E-state index contributed by atoms with van der Waals surface area (Å²) >= 11 is 0. The van der Waals surface area contributed by atoms with E-state index in [4.69, 9.17) is 20.3 Å². The number of aliphatic hydroxyl groups excluding tert-OH is 5. The molecule has 0 bridgehead atoms. The zero-order valence-electron chi connectivity index (χ0n) is 23.5. The number of phosphoric ester groups is 1. The summed E-state index contributed by atoms with van der Waals surface area (Å²) in [5.74, 6) is -1.80. The Morgan fingerprint density at radius 1 is 1.25 bits per heavy atom. The Hall–Kier alpha value is -0.710. The molecule has 1 fully saturated rings. The molecule has 0 aromatic carbocycles. The summed E-state index contributed by atoms with van der Waals surface area (Å²) in [6, 6.07) is -0.0416. The second kappa shape index (κ2) is 16.9. The van der Waals surface area contributed by atoms with E-state index in [0.717, 1.165) is 29.8 Å². The molecule has 24 heteroatoms. The number of amides is 1. The third kappa shape index (κ3) is 10.4. The first-order valence-electron chi connectivity index (χ1n) is 11.8. The second-order valence-corrected chi connectivity index (χ2v) is 11.8. The zero-order valence-corrected chi connectivity index (χ0v) is 29.3. The predicted molar refractivity (Wildman–Crippen MR) is 131 cm³/mol. The molecule has 44 heavy (non-hydrogen) atoms. The van der Waals surface area contributed by atoms with Gasteiger partial charge in [0.05, 0.1) is 19.3 Å². The molecule has 2 aliphatic heterocycles. The van der Waals surface area contributed by atoms with Gasteiger partial charge in [0.15, 0.2) is 18.1 Å². The Balaban J connectivity index is 0.00000484. The first-order valence-corrected chi connectivity index (χ1v) is 14.9. The molecular weight excluding hydrogens is 660 g/mol. The van der Waals surface area contributed by atoms with Crippen LogP contribution in [0.3, 0.4) is 0 Å². The number of hydrogen-bond acceptors (Lipinski definition) is 17. The summed E-state index contributed by atoms with van der Waals surface area (Å²) in [6.07, 6.45) is -9.43. The Labute approximate surface area is 292 Å². The molecule has 1 amide bonds. The zero-order chi connectivity index (χ0) is 31.6. The summed E-state index contributed by atoms with van der Waals surface area (Å²) in [4.78, 5) is 61.3. The van der Waals surface area contributed by atoms with Crippen molar-refractivity contribution in [2.45, 2.75) is 55.8 Å². The van der Waals surface area contributed by atoms with Gasteiger partial charge in [0.2, 0.25) is 19.0 Å². The van der Waals surface area contributed by atoms with Crippen molar-refractivity contribution in [3.05, 3.63) is 46.2 Å². The van der Waals surface area contributed by atoms with Crippen LogP contribution in [0.15, 0.2) is 40.5 Å². The second-order valence-electron chi connectivity index (χ2n) is 9.02. The summed E-state index contributed by atoms with van der Waals surface area (Å²) in [5, 5.41) is 52.1. The maximum atomic E-state index is 12.5. The van der Waals surface area contributed by atoms with E-state index in [0.29, 0.717) is 0 Å². The largest absolute Gasteiger partial charge is 1.00 e. The number of nitrogen functional groups attached to an aromatic ring is 1. The molecule has 1 aromatic rings. The van der Waals surface area contributed by atoms with Gasteiger partial charge in [-0.25, -0.2) is 4.79 Å². The average Bonchev–Trinajstić information content (AvgIpc) is 3.18. The van der Waals surface area contributed by atoms with E-state index in [-0.39, 0.29) is 64.9 Å². The smallest absolute Gasteiger partial charge is 0.773 e. The Morgan fingerprint density at radius 3 is 2.43 bits per heavy atom. The number of nitrogens with one attached hydrogen (secondary N) is 1.